The molecule has 106 valence electrons. The predicted octanol–water partition coefficient (Wildman–Crippen LogP) is 1.15. The fraction of sp³-hybridized carbons (Fsp3) is 0.154. The summed E-state index contributed by atoms with van der Waals surface area (Å²) < 4.78 is 4.59. The van der Waals surface area contributed by atoms with Crippen molar-refractivity contribution in [3.8, 4) is 5.75 Å². The molecule has 0 saturated heterocycles. The second-order valence-corrected chi connectivity index (χ2v) is 3.61. The maximum atomic E-state index is 11.4. The molecule has 0 heterocycles. The lowest BCUT2D eigenvalue weighted by Crippen LogP contribution is -2.10. The summed E-state index contributed by atoms with van der Waals surface area (Å²) in [7, 11) is 0. The Hall–Kier alpha value is -2.83. The number of carboxylic acids is 1. The SMILES string of the molecule is CCOC(=O)/C=C\C(=O)Nc1ccc(C(=O)O)c(O)c1. The number of carbonyl (C=O) groups is 3. The zero-order valence-electron chi connectivity index (χ0n) is 10.6. The van der Waals surface area contributed by atoms with Crippen molar-refractivity contribution in [1.82, 2.24) is 0 Å². The molecule has 0 aromatic heterocycles. The minimum absolute atomic E-state index is 0.200. The van der Waals surface area contributed by atoms with Crippen molar-refractivity contribution >= 4 is 23.5 Å². The van der Waals surface area contributed by atoms with Crippen LogP contribution >= 0.6 is 0 Å². The zero-order chi connectivity index (χ0) is 15.1. The average Bonchev–Trinajstić information content (AvgIpc) is 2.36. The van der Waals surface area contributed by atoms with Crippen molar-refractivity contribution in [3.05, 3.63) is 35.9 Å². The molecule has 7 nitrogen and oxygen atoms in total. The Kier molecular flexibility index (Phi) is 5.28. The summed E-state index contributed by atoms with van der Waals surface area (Å²) in [6, 6.07) is 3.57. The smallest absolute Gasteiger partial charge is 0.339 e. The van der Waals surface area contributed by atoms with Crippen LogP contribution in [-0.2, 0) is 14.3 Å². The van der Waals surface area contributed by atoms with Crippen LogP contribution in [0, 0.1) is 0 Å². The van der Waals surface area contributed by atoms with E-state index in [2.05, 4.69) is 10.1 Å². The molecule has 0 radical (unpaired) electrons. The Morgan fingerprint density at radius 3 is 2.55 bits per heavy atom. The predicted molar refractivity (Wildman–Crippen MR) is 69.5 cm³/mol. The number of hydrogen-bond donors (Lipinski definition) is 3. The van der Waals surface area contributed by atoms with Gasteiger partial charge in [0.1, 0.15) is 11.3 Å². The maximum Gasteiger partial charge on any atom is 0.339 e. The summed E-state index contributed by atoms with van der Waals surface area (Å²) >= 11 is 0. The Morgan fingerprint density at radius 2 is 2.00 bits per heavy atom. The minimum Gasteiger partial charge on any atom is -0.507 e. The quantitative estimate of drug-likeness (QED) is 0.550. The molecule has 0 bridgehead atoms. The van der Waals surface area contributed by atoms with Crippen LogP contribution in [0.15, 0.2) is 30.4 Å². The Balaban J connectivity index is 2.69. The van der Waals surface area contributed by atoms with Gasteiger partial charge in [0, 0.05) is 23.9 Å². The molecule has 0 spiro atoms. The lowest BCUT2D eigenvalue weighted by molar-refractivity contribution is -0.137. The summed E-state index contributed by atoms with van der Waals surface area (Å²) in [6.07, 6.45) is 1.93. The monoisotopic (exact) mass is 279 g/mol. The number of nitrogens with one attached hydrogen (secondary N) is 1. The van der Waals surface area contributed by atoms with Crippen molar-refractivity contribution in [2.75, 3.05) is 11.9 Å². The molecule has 1 aromatic carbocycles. The number of aromatic carboxylic acids is 1. The van der Waals surface area contributed by atoms with Crippen LogP contribution in [0.4, 0.5) is 5.69 Å². The summed E-state index contributed by atoms with van der Waals surface area (Å²) in [4.78, 5) is 33.1. The van der Waals surface area contributed by atoms with E-state index in [0.717, 1.165) is 24.3 Å². The minimum atomic E-state index is -1.28. The van der Waals surface area contributed by atoms with Crippen LogP contribution in [-0.4, -0.2) is 34.7 Å². The fourth-order valence-electron chi connectivity index (χ4n) is 1.31. The number of ether oxygens (including phenoxy) is 1. The second kappa shape index (κ2) is 6.93. The highest BCUT2D eigenvalue weighted by Crippen LogP contribution is 2.21. The third-order valence-electron chi connectivity index (χ3n) is 2.15. The molecular weight excluding hydrogens is 266 g/mol. The molecule has 0 unspecified atom stereocenters. The van der Waals surface area contributed by atoms with E-state index in [0.29, 0.717) is 0 Å². The lowest BCUT2D eigenvalue weighted by Gasteiger charge is -2.04. The number of anilines is 1. The normalized spacial score (nSPS) is 10.2. The highest BCUT2D eigenvalue weighted by molar-refractivity contribution is 6.03. The van der Waals surface area contributed by atoms with E-state index in [-0.39, 0.29) is 17.9 Å². The summed E-state index contributed by atoms with van der Waals surface area (Å²) in [5.41, 5.74) is -0.0731. The second-order valence-electron chi connectivity index (χ2n) is 3.61. The molecule has 0 aliphatic carbocycles. The number of rotatable bonds is 5. The summed E-state index contributed by atoms with van der Waals surface area (Å²) in [6.45, 7) is 1.84. The van der Waals surface area contributed by atoms with Crippen LogP contribution in [0.2, 0.25) is 0 Å². The molecule has 1 amide bonds. The van der Waals surface area contributed by atoms with Gasteiger partial charge in [-0.3, -0.25) is 4.79 Å². The number of benzene rings is 1. The Bertz CT molecular complexity index is 564. The van der Waals surface area contributed by atoms with Gasteiger partial charge in [-0.25, -0.2) is 9.59 Å². The molecule has 3 N–H and O–H groups in total. The highest BCUT2D eigenvalue weighted by Gasteiger charge is 2.10. The van der Waals surface area contributed by atoms with E-state index >= 15 is 0 Å². The van der Waals surface area contributed by atoms with Crippen LogP contribution in [0.25, 0.3) is 0 Å². The van der Waals surface area contributed by atoms with Crippen molar-refractivity contribution < 1.29 is 29.3 Å². The number of phenols is 1. The molecule has 0 aliphatic heterocycles. The average molecular weight is 279 g/mol. The molecule has 1 aromatic rings. The standard InChI is InChI=1S/C13H13NO6/c1-2-20-12(17)6-5-11(16)14-8-3-4-9(13(18)19)10(15)7-8/h3-7,15H,2H2,1H3,(H,14,16)(H,18,19)/b6-5-. The van der Waals surface area contributed by atoms with Crippen LogP contribution in [0.1, 0.15) is 17.3 Å². The Labute approximate surface area is 114 Å². The van der Waals surface area contributed by atoms with Gasteiger partial charge in [0.25, 0.3) is 0 Å². The van der Waals surface area contributed by atoms with Crippen LogP contribution < -0.4 is 5.32 Å². The van der Waals surface area contributed by atoms with E-state index in [1.54, 1.807) is 6.92 Å². The van der Waals surface area contributed by atoms with Gasteiger partial charge < -0.3 is 20.3 Å². The Morgan fingerprint density at radius 1 is 1.30 bits per heavy atom. The van der Waals surface area contributed by atoms with Crippen molar-refractivity contribution in [1.29, 1.82) is 0 Å². The molecule has 1 rings (SSSR count). The van der Waals surface area contributed by atoms with Crippen molar-refractivity contribution in [2.45, 2.75) is 6.92 Å². The topological polar surface area (TPSA) is 113 Å². The van der Waals surface area contributed by atoms with E-state index in [4.69, 9.17) is 5.11 Å². The molecule has 0 aliphatic rings. The van der Waals surface area contributed by atoms with E-state index in [9.17, 15) is 19.5 Å². The summed E-state index contributed by atoms with van der Waals surface area (Å²) in [5.74, 6) is -3.00. The van der Waals surface area contributed by atoms with Gasteiger partial charge >= 0.3 is 11.9 Å². The third-order valence-corrected chi connectivity index (χ3v) is 2.15. The first-order valence-electron chi connectivity index (χ1n) is 5.66. The summed E-state index contributed by atoms with van der Waals surface area (Å²) in [5, 5.41) is 20.5. The number of hydrogen-bond acceptors (Lipinski definition) is 5. The van der Waals surface area contributed by atoms with Gasteiger partial charge in [0.2, 0.25) is 5.91 Å². The largest absolute Gasteiger partial charge is 0.507 e. The van der Waals surface area contributed by atoms with E-state index < -0.39 is 23.6 Å². The number of esters is 1. The highest BCUT2D eigenvalue weighted by atomic mass is 16.5. The van der Waals surface area contributed by atoms with Gasteiger partial charge in [0.15, 0.2) is 0 Å². The van der Waals surface area contributed by atoms with Gasteiger partial charge in [-0.1, -0.05) is 0 Å². The van der Waals surface area contributed by atoms with E-state index in [1.165, 1.54) is 6.07 Å². The lowest BCUT2D eigenvalue weighted by atomic mass is 10.2. The number of carboxylic acid groups (broad SMARTS) is 1. The third kappa shape index (κ3) is 4.45. The first-order chi connectivity index (χ1) is 9.43. The molecule has 7 heteroatoms. The molecule has 0 fully saturated rings. The fourth-order valence-corrected chi connectivity index (χ4v) is 1.31. The van der Waals surface area contributed by atoms with Gasteiger partial charge in [-0.05, 0) is 19.1 Å². The maximum absolute atomic E-state index is 11.4. The molecule has 0 saturated carbocycles. The van der Waals surface area contributed by atoms with E-state index in [1.807, 2.05) is 0 Å². The molecular formula is C13H13NO6. The number of amides is 1. The zero-order valence-corrected chi connectivity index (χ0v) is 10.6. The first-order valence-corrected chi connectivity index (χ1v) is 5.66. The number of aromatic hydroxyl groups is 1. The van der Waals surface area contributed by atoms with Gasteiger partial charge in [-0.2, -0.15) is 0 Å². The van der Waals surface area contributed by atoms with Crippen molar-refractivity contribution in [2.24, 2.45) is 0 Å². The van der Waals surface area contributed by atoms with Crippen LogP contribution in [0.5, 0.6) is 5.75 Å². The van der Waals surface area contributed by atoms with Crippen molar-refractivity contribution in [3.63, 3.8) is 0 Å². The molecule has 0 atom stereocenters. The van der Waals surface area contributed by atoms with Gasteiger partial charge in [-0.15, -0.1) is 0 Å². The van der Waals surface area contributed by atoms with Gasteiger partial charge in [0.05, 0.1) is 6.61 Å². The number of carbonyl (C=O) groups excluding carboxylic acids is 2. The molecule has 20 heavy (non-hydrogen) atoms. The van der Waals surface area contributed by atoms with Crippen LogP contribution in [0.3, 0.4) is 0 Å². The first kappa shape index (κ1) is 15.2.